The number of fused-ring (bicyclic) bond motifs is 12. The molecule has 0 unspecified atom stereocenters. The largest absolute Gasteiger partial charge is 0.436 e. The third-order valence-electron chi connectivity index (χ3n) is 26.3. The zero-order valence-corrected chi connectivity index (χ0v) is 79.5. The average Bonchev–Trinajstić information content (AvgIpc) is 1.59. The van der Waals surface area contributed by atoms with Crippen molar-refractivity contribution in [3.63, 3.8) is 0 Å². The summed E-state index contributed by atoms with van der Waals surface area (Å²) in [7, 11) is 0. The van der Waals surface area contributed by atoms with Crippen LogP contribution in [0.3, 0.4) is 0 Å². The van der Waals surface area contributed by atoms with E-state index >= 15 is 0 Å². The molecule has 19 aromatic carbocycles. The van der Waals surface area contributed by atoms with E-state index in [2.05, 4.69) is 346 Å². The van der Waals surface area contributed by atoms with Gasteiger partial charge in [0.25, 0.3) is 0 Å². The summed E-state index contributed by atoms with van der Waals surface area (Å²) in [4.78, 5) is 45.8. The van der Waals surface area contributed by atoms with Crippen molar-refractivity contribution in [1.82, 2.24) is 44.9 Å². The van der Waals surface area contributed by atoms with Gasteiger partial charge in [0, 0.05) is 127 Å². The summed E-state index contributed by atoms with van der Waals surface area (Å²) >= 11 is 5.32. The van der Waals surface area contributed by atoms with E-state index < -0.39 is 0 Å². The maximum atomic E-state index is 6.34. The van der Waals surface area contributed by atoms with Crippen LogP contribution in [0.4, 0.5) is 0 Å². The highest BCUT2D eigenvalue weighted by atomic mass is 32.1. The summed E-state index contributed by atoms with van der Waals surface area (Å²) in [6.07, 6.45) is 0. The van der Waals surface area contributed by atoms with Gasteiger partial charge in [-0.1, -0.05) is 358 Å². The molecule has 9 heterocycles. The van der Waals surface area contributed by atoms with E-state index in [0.29, 0.717) is 35.1 Å². The first-order valence-electron chi connectivity index (χ1n) is 47.7. The number of oxazole rings is 3. The fourth-order valence-electron chi connectivity index (χ4n) is 19.4. The Balaban J connectivity index is 0.000000110. The third kappa shape index (κ3) is 16.6. The van der Waals surface area contributed by atoms with Crippen molar-refractivity contribution in [3.05, 3.63) is 479 Å². The second-order valence-electron chi connectivity index (χ2n) is 35.2. The number of rotatable bonds is 16. The van der Waals surface area contributed by atoms with E-state index in [0.717, 1.165) is 189 Å². The highest BCUT2D eigenvalue weighted by molar-refractivity contribution is 7.27. The van der Waals surface area contributed by atoms with Crippen LogP contribution in [-0.4, -0.2) is 44.9 Å². The van der Waals surface area contributed by atoms with Gasteiger partial charge in [-0.2, -0.15) is 0 Å². The summed E-state index contributed by atoms with van der Waals surface area (Å²) in [5.74, 6) is 3.90. The quantitative estimate of drug-likeness (QED) is 0.0904. The molecule has 0 radical (unpaired) electrons. The number of benzene rings is 19. The minimum atomic E-state index is 0.613. The Morgan fingerprint density at radius 1 is 0.139 bits per heavy atom. The Morgan fingerprint density at radius 2 is 0.354 bits per heavy atom. The molecule has 0 amide bonds. The van der Waals surface area contributed by atoms with E-state index in [9.17, 15) is 0 Å². The molecule has 0 aliphatic carbocycles. The van der Waals surface area contributed by atoms with Gasteiger partial charge < -0.3 is 13.3 Å². The first-order valence-corrected chi connectivity index (χ1v) is 50.1. The van der Waals surface area contributed by atoms with E-state index in [1.807, 2.05) is 133 Å². The molecule has 0 saturated carbocycles. The molecule has 0 atom stereocenters. The van der Waals surface area contributed by atoms with E-state index in [1.165, 1.54) is 50.5 Å². The highest BCUT2D eigenvalue weighted by Crippen LogP contribution is 2.50. The second kappa shape index (κ2) is 37.3. The van der Waals surface area contributed by atoms with Crippen molar-refractivity contribution in [2.75, 3.05) is 0 Å². The lowest BCUT2D eigenvalue weighted by atomic mass is 9.98. The molecule has 15 heteroatoms. The summed E-state index contributed by atoms with van der Waals surface area (Å²) in [6.45, 7) is 0. The molecule has 28 aromatic rings. The minimum absolute atomic E-state index is 0.613. The molecule has 0 saturated heterocycles. The van der Waals surface area contributed by atoms with Crippen LogP contribution in [0.15, 0.2) is 492 Å². The van der Waals surface area contributed by atoms with Crippen LogP contribution in [0, 0.1) is 0 Å². The van der Waals surface area contributed by atoms with Crippen molar-refractivity contribution in [1.29, 1.82) is 0 Å². The predicted octanol–water partition coefficient (Wildman–Crippen LogP) is 35.6. The maximum Gasteiger partial charge on any atom is 0.227 e. The Hall–Kier alpha value is -18.5. The van der Waals surface area contributed by atoms with Crippen molar-refractivity contribution in [2.45, 2.75) is 0 Å². The van der Waals surface area contributed by atoms with E-state index in [-0.39, 0.29) is 0 Å². The molecule has 12 nitrogen and oxygen atoms in total. The van der Waals surface area contributed by atoms with Crippen molar-refractivity contribution in [2.24, 2.45) is 0 Å². The number of nitrogens with zero attached hydrogens (tertiary/aromatic N) is 9. The van der Waals surface area contributed by atoms with Crippen LogP contribution in [0.2, 0.25) is 0 Å². The predicted molar refractivity (Wildman–Crippen MR) is 594 cm³/mol. The average molecular weight is 1900 g/mol. The zero-order valence-electron chi connectivity index (χ0n) is 77.1. The zero-order chi connectivity index (χ0) is 95.3. The Morgan fingerprint density at radius 3 is 0.674 bits per heavy atom. The van der Waals surface area contributed by atoms with Gasteiger partial charge in [0.05, 0.1) is 34.2 Å². The topological polar surface area (TPSA) is 155 Å². The molecule has 676 valence electrons. The van der Waals surface area contributed by atoms with Crippen molar-refractivity contribution < 1.29 is 13.3 Å². The number of hydrogen-bond donors (Lipinski definition) is 0. The van der Waals surface area contributed by atoms with Crippen LogP contribution in [0.1, 0.15) is 0 Å². The molecule has 0 N–H and O–H groups in total. The molecule has 144 heavy (non-hydrogen) atoms. The second-order valence-corrected chi connectivity index (χ2v) is 38.5. The third-order valence-corrected chi connectivity index (χ3v) is 29.6. The van der Waals surface area contributed by atoms with Gasteiger partial charge in [0.1, 0.15) is 16.6 Å². The fourth-order valence-corrected chi connectivity index (χ4v) is 22.9. The Kier molecular flexibility index (Phi) is 22.3. The standard InChI is InChI=1S/C47H29N3OS.2C41H25N3OS/c1-3-12-30(13-4-1)32-24-26-33(27-25-32)39-29-40(49-46(48-39)35-17-9-16-34(28-35)31-14-5-2-6-15-31)36-18-10-22-42-44(36)45-37(19-11-23-43(45)52-42)47-50-38-20-7-8-21-41(38)51-47;1-3-12-26(13-4-1)28-16-9-17-29(24-28)33-25-34(43-40(42-33)27-14-5-2-6-15-27)30-18-10-22-36-38(30)39-31(19-11-23-37(39)46-36)41-44-32-20-7-8-21-35(32)45-41;1-3-11-26(12-4-1)27-21-23-28(24-22-27)33-25-34(43-40(42-33)29-13-5-2-6-14-29)30-15-9-19-36-38(30)39-31(16-10-20-37(39)46-36)41-44-32-17-7-8-18-35(32)45-41/h1-29H;2*1-25H. The van der Waals surface area contributed by atoms with Crippen molar-refractivity contribution in [3.8, 4) is 181 Å². The highest BCUT2D eigenvalue weighted by Gasteiger charge is 2.27. The summed E-state index contributed by atoms with van der Waals surface area (Å²) in [6, 6.07) is 165. The lowest BCUT2D eigenvalue weighted by Crippen LogP contribution is -1.96. The molecule has 0 aliphatic heterocycles. The van der Waals surface area contributed by atoms with Crippen LogP contribution >= 0.6 is 34.0 Å². The van der Waals surface area contributed by atoms with Gasteiger partial charge in [-0.15, -0.1) is 34.0 Å². The molecule has 0 fully saturated rings. The van der Waals surface area contributed by atoms with Gasteiger partial charge >= 0.3 is 0 Å². The molecule has 0 bridgehead atoms. The van der Waals surface area contributed by atoms with Gasteiger partial charge in [0.15, 0.2) is 34.2 Å². The molecule has 9 aromatic heterocycles. The molecular formula is C129H79N9O3S3. The van der Waals surface area contributed by atoms with Gasteiger partial charge in [0.2, 0.25) is 17.7 Å². The molecule has 28 rings (SSSR count). The summed E-state index contributed by atoms with van der Waals surface area (Å²) < 4.78 is 26.0. The molecule has 0 spiro atoms. The molecular weight excluding hydrogens is 1820 g/mol. The Bertz CT molecular complexity index is 9610. The smallest absolute Gasteiger partial charge is 0.227 e. The van der Waals surface area contributed by atoms with Gasteiger partial charge in [-0.25, -0.2) is 44.9 Å². The lowest BCUT2D eigenvalue weighted by molar-refractivity contribution is 0.620. The number of thiophene rings is 3. The summed E-state index contributed by atoms with van der Waals surface area (Å²) in [5, 5.41) is 6.78. The van der Waals surface area contributed by atoms with Crippen LogP contribution < -0.4 is 0 Å². The van der Waals surface area contributed by atoms with E-state index in [4.69, 9.17) is 58.1 Å². The lowest BCUT2D eigenvalue weighted by Gasteiger charge is -2.12. The Labute approximate surface area is 839 Å². The first kappa shape index (κ1) is 85.9. The van der Waals surface area contributed by atoms with E-state index in [1.54, 1.807) is 34.0 Å². The normalized spacial score (nSPS) is 11.5. The number of aromatic nitrogens is 9. The van der Waals surface area contributed by atoms with Crippen molar-refractivity contribution >= 4 is 128 Å². The van der Waals surface area contributed by atoms with Crippen LogP contribution in [0.25, 0.3) is 274 Å². The molecule has 0 aliphatic rings. The first-order chi connectivity index (χ1) is 71.3. The van der Waals surface area contributed by atoms with Crippen LogP contribution in [0.5, 0.6) is 0 Å². The monoisotopic (exact) mass is 1900 g/mol. The SMILES string of the molecule is c1ccc(-c2ccc(-c3cc(-c4cccc5sc6cccc(-c7nc8ccccc8o7)c6c45)nc(-c4cccc(-c5ccccc5)c4)n3)cc2)cc1.c1ccc(-c2ccc(-c3cc(-c4cccc5sc6cccc(-c7nc8ccccc8o7)c6c45)nc(-c4ccccc4)n3)cc2)cc1.c1ccc(-c2cccc(-c3cc(-c4cccc5sc6cccc(-c7nc8ccccc8o7)c6c45)nc(-c4ccccc4)n3)c2)cc1. The van der Waals surface area contributed by atoms with Gasteiger partial charge in [-0.05, 0) is 166 Å². The van der Waals surface area contributed by atoms with Crippen LogP contribution in [-0.2, 0) is 0 Å². The fraction of sp³-hybridized carbons (Fsp3) is 0. The maximum absolute atomic E-state index is 6.34. The number of hydrogen-bond acceptors (Lipinski definition) is 15. The minimum Gasteiger partial charge on any atom is -0.436 e. The summed E-state index contributed by atoms with van der Waals surface area (Å²) in [5.41, 5.74) is 31.4. The number of para-hydroxylation sites is 6. The van der Waals surface area contributed by atoms with Gasteiger partial charge in [-0.3, -0.25) is 0 Å².